The first-order chi connectivity index (χ1) is 8.70. The lowest BCUT2D eigenvalue weighted by molar-refractivity contribution is -0.123. The van der Waals surface area contributed by atoms with Gasteiger partial charge in [-0.3, -0.25) is 9.69 Å². The summed E-state index contributed by atoms with van der Waals surface area (Å²) in [6.45, 7) is 3.50. The first kappa shape index (κ1) is 13.3. The SMILES string of the molecule is NC(=O)C(c1ccccc1Cl)N1CCCNCC1. The molecule has 98 valence electrons. The number of nitrogens with zero attached hydrogens (tertiary/aromatic N) is 1. The van der Waals surface area contributed by atoms with E-state index in [0.29, 0.717) is 5.02 Å². The van der Waals surface area contributed by atoms with Gasteiger partial charge in [0.05, 0.1) is 0 Å². The molecule has 4 nitrogen and oxygen atoms in total. The van der Waals surface area contributed by atoms with Crippen LogP contribution < -0.4 is 11.1 Å². The molecule has 1 aliphatic rings. The first-order valence-electron chi connectivity index (χ1n) is 6.18. The second-order valence-corrected chi connectivity index (χ2v) is 4.87. The van der Waals surface area contributed by atoms with Gasteiger partial charge >= 0.3 is 0 Å². The summed E-state index contributed by atoms with van der Waals surface area (Å²) in [5, 5.41) is 3.91. The Morgan fingerprint density at radius 2 is 2.11 bits per heavy atom. The van der Waals surface area contributed by atoms with Crippen molar-refractivity contribution in [2.75, 3.05) is 26.2 Å². The van der Waals surface area contributed by atoms with E-state index < -0.39 is 6.04 Å². The summed E-state index contributed by atoms with van der Waals surface area (Å²) in [7, 11) is 0. The maximum absolute atomic E-state index is 11.8. The highest BCUT2D eigenvalue weighted by Crippen LogP contribution is 2.27. The molecule has 0 aliphatic carbocycles. The molecule has 1 atom stereocenters. The van der Waals surface area contributed by atoms with E-state index in [9.17, 15) is 4.79 Å². The minimum absolute atomic E-state index is 0.343. The lowest BCUT2D eigenvalue weighted by Crippen LogP contribution is -2.39. The molecule has 1 aromatic carbocycles. The van der Waals surface area contributed by atoms with Gasteiger partial charge in [-0.15, -0.1) is 0 Å². The van der Waals surface area contributed by atoms with E-state index in [4.69, 9.17) is 17.3 Å². The highest BCUT2D eigenvalue weighted by molar-refractivity contribution is 6.31. The highest BCUT2D eigenvalue weighted by Gasteiger charge is 2.27. The van der Waals surface area contributed by atoms with Gasteiger partial charge in [0.1, 0.15) is 6.04 Å². The number of rotatable bonds is 3. The molecule has 1 amide bonds. The highest BCUT2D eigenvalue weighted by atomic mass is 35.5. The van der Waals surface area contributed by atoms with E-state index >= 15 is 0 Å². The van der Waals surface area contributed by atoms with Crippen molar-refractivity contribution in [3.63, 3.8) is 0 Å². The molecular formula is C13H18ClN3O. The van der Waals surface area contributed by atoms with Gasteiger partial charge < -0.3 is 11.1 Å². The lowest BCUT2D eigenvalue weighted by Gasteiger charge is -2.28. The third-order valence-corrected chi connectivity index (χ3v) is 3.55. The molecule has 3 N–H and O–H groups in total. The predicted molar refractivity (Wildman–Crippen MR) is 72.4 cm³/mol. The molecule has 1 saturated heterocycles. The zero-order valence-corrected chi connectivity index (χ0v) is 11.0. The zero-order chi connectivity index (χ0) is 13.0. The summed E-state index contributed by atoms with van der Waals surface area (Å²) in [5.41, 5.74) is 6.36. The van der Waals surface area contributed by atoms with Gasteiger partial charge in [-0.1, -0.05) is 29.8 Å². The van der Waals surface area contributed by atoms with Crippen molar-refractivity contribution in [3.05, 3.63) is 34.9 Å². The number of hydrogen-bond acceptors (Lipinski definition) is 3. The standard InChI is InChI=1S/C13H18ClN3O/c14-11-5-2-1-4-10(11)12(13(15)18)17-8-3-6-16-7-9-17/h1-2,4-5,12,16H,3,6-9H2,(H2,15,18). The Morgan fingerprint density at radius 1 is 1.33 bits per heavy atom. The van der Waals surface area contributed by atoms with E-state index in [1.54, 1.807) is 6.07 Å². The number of benzene rings is 1. The Morgan fingerprint density at radius 3 is 2.83 bits per heavy atom. The second kappa shape index (κ2) is 6.18. The van der Waals surface area contributed by atoms with Crippen LogP contribution in [0.3, 0.4) is 0 Å². The summed E-state index contributed by atoms with van der Waals surface area (Å²) < 4.78 is 0. The van der Waals surface area contributed by atoms with E-state index in [-0.39, 0.29) is 5.91 Å². The molecule has 0 bridgehead atoms. The van der Waals surface area contributed by atoms with E-state index in [0.717, 1.165) is 38.2 Å². The van der Waals surface area contributed by atoms with Gasteiger partial charge in [0, 0.05) is 24.7 Å². The first-order valence-corrected chi connectivity index (χ1v) is 6.56. The fourth-order valence-electron chi connectivity index (χ4n) is 2.35. The van der Waals surface area contributed by atoms with Gasteiger partial charge in [0.15, 0.2) is 0 Å². The van der Waals surface area contributed by atoms with Crippen LogP contribution in [-0.4, -0.2) is 37.0 Å². The van der Waals surface area contributed by atoms with Crippen molar-refractivity contribution in [1.29, 1.82) is 0 Å². The number of amides is 1. The number of hydrogen-bond donors (Lipinski definition) is 2. The molecule has 0 saturated carbocycles. The third-order valence-electron chi connectivity index (χ3n) is 3.21. The Balaban J connectivity index is 2.27. The van der Waals surface area contributed by atoms with Gasteiger partial charge in [0.2, 0.25) is 5.91 Å². The molecule has 0 radical (unpaired) electrons. The van der Waals surface area contributed by atoms with Crippen molar-refractivity contribution in [1.82, 2.24) is 10.2 Å². The Kier molecular flexibility index (Phi) is 4.58. The number of halogens is 1. The fourth-order valence-corrected chi connectivity index (χ4v) is 2.59. The topological polar surface area (TPSA) is 58.4 Å². The van der Waals surface area contributed by atoms with Gasteiger partial charge in [-0.05, 0) is 24.6 Å². The van der Waals surface area contributed by atoms with Crippen LogP contribution >= 0.6 is 11.6 Å². The third kappa shape index (κ3) is 3.02. The quantitative estimate of drug-likeness (QED) is 0.864. The molecule has 1 aromatic rings. The minimum atomic E-state index is -0.432. The molecule has 0 aromatic heterocycles. The number of nitrogens with one attached hydrogen (secondary N) is 1. The second-order valence-electron chi connectivity index (χ2n) is 4.47. The van der Waals surface area contributed by atoms with Crippen LogP contribution in [0.15, 0.2) is 24.3 Å². The Hall–Kier alpha value is -1.10. The smallest absolute Gasteiger partial charge is 0.239 e. The molecule has 1 aliphatic heterocycles. The van der Waals surface area contributed by atoms with Crippen molar-refractivity contribution in [2.24, 2.45) is 5.73 Å². The van der Waals surface area contributed by atoms with Crippen LogP contribution in [0.4, 0.5) is 0 Å². The average molecular weight is 268 g/mol. The molecule has 2 rings (SSSR count). The summed E-state index contributed by atoms with van der Waals surface area (Å²) in [5.74, 6) is -0.343. The number of carbonyl (C=O) groups is 1. The van der Waals surface area contributed by atoms with Crippen molar-refractivity contribution < 1.29 is 4.79 Å². The average Bonchev–Trinajstić information content (AvgIpc) is 2.60. The molecule has 5 heteroatoms. The molecular weight excluding hydrogens is 250 g/mol. The zero-order valence-electron chi connectivity index (χ0n) is 10.2. The van der Waals surface area contributed by atoms with Crippen LogP contribution in [0, 0.1) is 0 Å². The van der Waals surface area contributed by atoms with Gasteiger partial charge in [-0.25, -0.2) is 0 Å². The van der Waals surface area contributed by atoms with Crippen LogP contribution in [0.5, 0.6) is 0 Å². The van der Waals surface area contributed by atoms with Crippen LogP contribution in [-0.2, 0) is 4.79 Å². The Labute approximate surface area is 112 Å². The Bertz CT molecular complexity index is 416. The van der Waals surface area contributed by atoms with E-state index in [1.165, 1.54) is 0 Å². The molecule has 0 spiro atoms. The summed E-state index contributed by atoms with van der Waals surface area (Å²) in [6, 6.07) is 6.97. The van der Waals surface area contributed by atoms with Crippen LogP contribution in [0.1, 0.15) is 18.0 Å². The van der Waals surface area contributed by atoms with E-state index in [2.05, 4.69) is 10.2 Å². The molecule has 1 fully saturated rings. The molecule has 1 heterocycles. The summed E-state index contributed by atoms with van der Waals surface area (Å²) >= 11 is 6.17. The van der Waals surface area contributed by atoms with Gasteiger partial charge in [-0.2, -0.15) is 0 Å². The fraction of sp³-hybridized carbons (Fsp3) is 0.462. The minimum Gasteiger partial charge on any atom is -0.368 e. The number of primary amides is 1. The largest absolute Gasteiger partial charge is 0.368 e. The van der Waals surface area contributed by atoms with E-state index in [1.807, 2.05) is 18.2 Å². The maximum atomic E-state index is 11.8. The van der Waals surface area contributed by atoms with Crippen molar-refractivity contribution in [3.8, 4) is 0 Å². The molecule has 18 heavy (non-hydrogen) atoms. The summed E-state index contributed by atoms with van der Waals surface area (Å²) in [4.78, 5) is 13.9. The van der Waals surface area contributed by atoms with Crippen molar-refractivity contribution >= 4 is 17.5 Å². The number of carbonyl (C=O) groups excluding carboxylic acids is 1. The van der Waals surface area contributed by atoms with Gasteiger partial charge in [0.25, 0.3) is 0 Å². The molecule has 1 unspecified atom stereocenters. The monoisotopic (exact) mass is 267 g/mol. The number of nitrogens with two attached hydrogens (primary N) is 1. The predicted octanol–water partition coefficient (Wildman–Crippen LogP) is 1.16. The maximum Gasteiger partial charge on any atom is 0.239 e. The van der Waals surface area contributed by atoms with Crippen LogP contribution in [0.25, 0.3) is 0 Å². The normalized spacial score (nSPS) is 19.2. The van der Waals surface area contributed by atoms with Crippen LogP contribution in [0.2, 0.25) is 5.02 Å². The lowest BCUT2D eigenvalue weighted by atomic mass is 10.0. The summed E-state index contributed by atoms with van der Waals surface area (Å²) in [6.07, 6.45) is 1.01. The van der Waals surface area contributed by atoms with Crippen molar-refractivity contribution in [2.45, 2.75) is 12.5 Å².